The predicted molar refractivity (Wildman–Crippen MR) is 181 cm³/mol. The monoisotopic (exact) mass is 682 g/mol. The molecule has 0 unspecified atom stereocenters. The van der Waals surface area contributed by atoms with Crippen LogP contribution < -0.4 is 10.2 Å². The number of amides is 2. The van der Waals surface area contributed by atoms with Crippen LogP contribution in [0.1, 0.15) is 101 Å². The van der Waals surface area contributed by atoms with Gasteiger partial charge in [0.2, 0.25) is 5.89 Å². The van der Waals surface area contributed by atoms with Gasteiger partial charge in [0.1, 0.15) is 17.7 Å². The summed E-state index contributed by atoms with van der Waals surface area (Å²) in [4.78, 5) is 40.5. The Bertz CT molecular complexity index is 1580. The Hall–Kier alpha value is -4.07. The number of hydrogen-bond donors (Lipinski definition) is 1. The number of ether oxygens (including phenoxy) is 1. The van der Waals surface area contributed by atoms with E-state index in [1.165, 1.54) is 12.5 Å². The first-order chi connectivity index (χ1) is 23.4. The van der Waals surface area contributed by atoms with Gasteiger partial charge in [0.05, 0.1) is 11.7 Å². The standard InChI is InChI=1S/C35H48F2N8O4/c1-35(2,3)49-34(47)44-18-10-23(11-19-44)6-5-15-43-16-12-26(13-17-43)45-21-27(30(41-45)31(36)37)39-32(46)28-22-48-33(40-28)24-9-14-38-29(20-24)42(4)25-7-8-25/h9,14,20-23,25-26,31H,5-8,10-13,15-19H2,1-4H3,(H,39,46). The van der Waals surface area contributed by atoms with Crippen molar-refractivity contribution in [3.8, 4) is 11.5 Å². The molecule has 0 aromatic carbocycles. The fourth-order valence-electron chi connectivity index (χ4n) is 6.68. The van der Waals surface area contributed by atoms with Crippen LogP contribution in [0.5, 0.6) is 0 Å². The maximum atomic E-state index is 14.0. The SMILES string of the molecule is CN(c1cc(-c2nc(C(=O)Nc3cn(C4CCN(CCCC5CCN(C(=O)OC(C)(C)C)CC5)CC4)nc3C(F)F)co2)ccn1)C1CC1. The van der Waals surface area contributed by atoms with E-state index in [-0.39, 0.29) is 29.4 Å². The third-order valence-corrected chi connectivity index (χ3v) is 9.68. The summed E-state index contributed by atoms with van der Waals surface area (Å²) in [5.41, 5.74) is -0.311. The molecule has 266 valence electrons. The number of rotatable bonds is 11. The van der Waals surface area contributed by atoms with Crippen molar-refractivity contribution in [3.05, 3.63) is 42.2 Å². The number of carbonyl (C=O) groups is 2. The summed E-state index contributed by atoms with van der Waals surface area (Å²) in [5.74, 6) is 0.996. The van der Waals surface area contributed by atoms with Gasteiger partial charge in [0.25, 0.3) is 12.3 Å². The molecule has 6 rings (SSSR count). The van der Waals surface area contributed by atoms with Crippen molar-refractivity contribution in [1.29, 1.82) is 0 Å². The van der Waals surface area contributed by atoms with E-state index in [2.05, 4.69) is 30.2 Å². The van der Waals surface area contributed by atoms with Crippen molar-refractivity contribution >= 4 is 23.5 Å². The molecule has 3 aromatic heterocycles. The zero-order valence-corrected chi connectivity index (χ0v) is 28.9. The highest BCUT2D eigenvalue weighted by molar-refractivity contribution is 6.03. The fraction of sp³-hybridized carbons (Fsp3) is 0.629. The smallest absolute Gasteiger partial charge is 0.410 e. The van der Waals surface area contributed by atoms with Crippen molar-refractivity contribution in [2.24, 2.45) is 5.92 Å². The topological polar surface area (TPSA) is 122 Å². The number of nitrogens with zero attached hydrogens (tertiary/aromatic N) is 7. The lowest BCUT2D eigenvalue weighted by atomic mass is 9.92. The van der Waals surface area contributed by atoms with Gasteiger partial charge in [-0.05, 0) is 96.7 Å². The first-order valence-corrected chi connectivity index (χ1v) is 17.5. The molecule has 3 aromatic rings. The number of aromatic nitrogens is 4. The molecule has 1 saturated carbocycles. The number of carbonyl (C=O) groups excluding carboxylic acids is 2. The van der Waals surface area contributed by atoms with E-state index >= 15 is 0 Å². The molecule has 3 fully saturated rings. The van der Waals surface area contributed by atoms with Gasteiger partial charge in [0.15, 0.2) is 11.4 Å². The highest BCUT2D eigenvalue weighted by Crippen LogP contribution is 2.33. The van der Waals surface area contributed by atoms with Crippen LogP contribution in [0, 0.1) is 5.92 Å². The Labute approximate surface area is 286 Å². The van der Waals surface area contributed by atoms with Crippen LogP contribution in [0.3, 0.4) is 0 Å². The number of halogens is 2. The largest absolute Gasteiger partial charge is 0.444 e. The second-order valence-electron chi connectivity index (χ2n) is 14.6. The molecule has 0 spiro atoms. The highest BCUT2D eigenvalue weighted by atomic mass is 19.3. The average molecular weight is 683 g/mol. The first-order valence-electron chi connectivity index (χ1n) is 17.5. The third kappa shape index (κ3) is 8.94. The Balaban J connectivity index is 0.970. The van der Waals surface area contributed by atoms with Gasteiger partial charge in [0, 0.05) is 57.2 Å². The molecule has 49 heavy (non-hydrogen) atoms. The molecule has 5 heterocycles. The highest BCUT2D eigenvalue weighted by Gasteiger charge is 2.30. The number of likely N-dealkylation sites (tertiary alicyclic amines) is 2. The molecule has 0 bridgehead atoms. The zero-order valence-electron chi connectivity index (χ0n) is 28.9. The molecular weight excluding hydrogens is 634 g/mol. The molecule has 2 aliphatic heterocycles. The molecule has 0 atom stereocenters. The second kappa shape index (κ2) is 14.8. The van der Waals surface area contributed by atoms with E-state index in [1.807, 2.05) is 38.8 Å². The van der Waals surface area contributed by atoms with Crippen LogP contribution in [-0.2, 0) is 4.74 Å². The molecule has 12 nitrogen and oxygen atoms in total. The molecule has 1 aliphatic carbocycles. The van der Waals surface area contributed by atoms with Crippen LogP contribution in [0.25, 0.3) is 11.5 Å². The lowest BCUT2D eigenvalue weighted by molar-refractivity contribution is 0.0179. The molecule has 2 amide bonds. The van der Waals surface area contributed by atoms with Crippen LogP contribution in [0.15, 0.2) is 35.2 Å². The van der Waals surface area contributed by atoms with E-state index in [9.17, 15) is 18.4 Å². The second-order valence-corrected chi connectivity index (χ2v) is 14.6. The van der Waals surface area contributed by atoms with Gasteiger partial charge >= 0.3 is 6.09 Å². The minimum Gasteiger partial charge on any atom is -0.444 e. The summed E-state index contributed by atoms with van der Waals surface area (Å²) in [6, 6.07) is 4.05. The summed E-state index contributed by atoms with van der Waals surface area (Å²) in [6.45, 7) is 9.82. The number of piperidine rings is 2. The van der Waals surface area contributed by atoms with E-state index in [0.29, 0.717) is 17.5 Å². The number of hydrogen-bond acceptors (Lipinski definition) is 9. The van der Waals surface area contributed by atoms with E-state index in [4.69, 9.17) is 9.15 Å². The zero-order chi connectivity index (χ0) is 34.7. The normalized spacial score (nSPS) is 18.2. The van der Waals surface area contributed by atoms with Gasteiger partial charge < -0.3 is 29.2 Å². The van der Waals surface area contributed by atoms with E-state index < -0.39 is 23.6 Å². The van der Waals surface area contributed by atoms with Crippen molar-refractivity contribution in [3.63, 3.8) is 0 Å². The summed E-state index contributed by atoms with van der Waals surface area (Å²) >= 11 is 0. The van der Waals surface area contributed by atoms with Gasteiger partial charge in [-0.2, -0.15) is 5.10 Å². The quantitative estimate of drug-likeness (QED) is 0.233. The number of anilines is 2. The van der Waals surface area contributed by atoms with Crippen LogP contribution >= 0.6 is 0 Å². The van der Waals surface area contributed by atoms with Gasteiger partial charge in [-0.1, -0.05) is 0 Å². The fourth-order valence-corrected chi connectivity index (χ4v) is 6.68. The van der Waals surface area contributed by atoms with Crippen molar-refractivity contribution in [1.82, 2.24) is 29.5 Å². The lowest BCUT2D eigenvalue weighted by Gasteiger charge is -2.34. The summed E-state index contributed by atoms with van der Waals surface area (Å²) in [5, 5.41) is 6.79. The Morgan fingerprint density at radius 1 is 1.10 bits per heavy atom. The predicted octanol–water partition coefficient (Wildman–Crippen LogP) is 6.79. The maximum Gasteiger partial charge on any atom is 0.410 e. The van der Waals surface area contributed by atoms with Gasteiger partial charge in [-0.3, -0.25) is 9.48 Å². The Morgan fingerprint density at radius 3 is 2.51 bits per heavy atom. The van der Waals surface area contributed by atoms with E-state index in [0.717, 1.165) is 89.9 Å². The van der Waals surface area contributed by atoms with Crippen molar-refractivity contribution in [2.75, 3.05) is 50.0 Å². The third-order valence-electron chi connectivity index (χ3n) is 9.68. The van der Waals surface area contributed by atoms with Crippen LogP contribution in [-0.4, -0.2) is 93.0 Å². The van der Waals surface area contributed by atoms with Crippen molar-refractivity contribution < 1.29 is 27.5 Å². The Kier molecular flexibility index (Phi) is 10.5. The molecule has 0 radical (unpaired) electrons. The van der Waals surface area contributed by atoms with Crippen molar-refractivity contribution in [2.45, 2.75) is 96.2 Å². The van der Waals surface area contributed by atoms with Crippen LogP contribution in [0.2, 0.25) is 0 Å². The summed E-state index contributed by atoms with van der Waals surface area (Å²) in [7, 11) is 1.99. The lowest BCUT2D eigenvalue weighted by Crippen LogP contribution is -2.41. The van der Waals surface area contributed by atoms with Gasteiger partial charge in [-0.25, -0.2) is 23.5 Å². The molecule has 3 aliphatic rings. The number of pyridine rings is 1. The number of alkyl halides is 2. The molecule has 1 N–H and O–H groups in total. The minimum atomic E-state index is -2.85. The molecule has 2 saturated heterocycles. The molecule has 14 heteroatoms. The summed E-state index contributed by atoms with van der Waals surface area (Å²) in [6.07, 6.45) is 9.34. The molecular formula is C35H48F2N8O4. The maximum absolute atomic E-state index is 14.0. The van der Waals surface area contributed by atoms with Crippen LogP contribution in [0.4, 0.5) is 25.1 Å². The van der Waals surface area contributed by atoms with Gasteiger partial charge in [-0.15, -0.1) is 0 Å². The minimum absolute atomic E-state index is 0.0150. The first kappa shape index (κ1) is 34.8. The van der Waals surface area contributed by atoms with E-state index in [1.54, 1.807) is 16.9 Å². The summed E-state index contributed by atoms with van der Waals surface area (Å²) < 4.78 is 40.7. The average Bonchev–Trinajstić information content (AvgIpc) is 3.64. The Morgan fingerprint density at radius 2 is 1.84 bits per heavy atom. The number of oxazole rings is 1. The number of nitrogens with one attached hydrogen (secondary N) is 1.